The Morgan fingerprint density at radius 3 is 2.62 bits per heavy atom. The van der Waals surface area contributed by atoms with Gasteiger partial charge in [-0.05, 0) is 23.3 Å². The number of carbonyl (C=O) groups is 2. The lowest BCUT2D eigenvalue weighted by molar-refractivity contribution is 0.0696. The highest BCUT2D eigenvalue weighted by Crippen LogP contribution is 2.23. The summed E-state index contributed by atoms with van der Waals surface area (Å²) >= 11 is 0. The van der Waals surface area contributed by atoms with Crippen LogP contribution < -0.4 is 5.32 Å². The maximum absolute atomic E-state index is 11.4. The van der Waals surface area contributed by atoms with E-state index < -0.39 is 5.97 Å². The quantitative estimate of drug-likeness (QED) is 0.743. The number of nitrogens with zero attached hydrogens (tertiary/aromatic N) is 1. The molecule has 5 nitrogen and oxygen atoms in total. The Morgan fingerprint density at radius 1 is 1.31 bits per heavy atom. The van der Waals surface area contributed by atoms with Crippen LogP contribution in [0.25, 0.3) is 0 Å². The summed E-state index contributed by atoms with van der Waals surface area (Å²) in [6.07, 6.45) is 0. The molecule has 2 amide bonds. The molecule has 0 spiro atoms. The van der Waals surface area contributed by atoms with E-state index >= 15 is 0 Å². The first kappa shape index (κ1) is 10.5. The summed E-state index contributed by atoms with van der Waals surface area (Å²) in [6, 6.07) is 4.81. The minimum Gasteiger partial charge on any atom is -0.478 e. The molecular formula is C11H12N2O3. The smallest absolute Gasteiger partial charge is 0.335 e. The zero-order valence-electron chi connectivity index (χ0n) is 8.86. The maximum atomic E-state index is 11.4. The van der Waals surface area contributed by atoms with Gasteiger partial charge in [-0.1, -0.05) is 6.07 Å². The van der Waals surface area contributed by atoms with Crippen LogP contribution >= 0.6 is 0 Å². The lowest BCUT2D eigenvalue weighted by atomic mass is 10.1. The lowest BCUT2D eigenvalue weighted by Gasteiger charge is -2.13. The Balaban J connectivity index is 2.24. The summed E-state index contributed by atoms with van der Waals surface area (Å²) in [5.74, 6) is -0.943. The third kappa shape index (κ3) is 1.71. The van der Waals surface area contributed by atoms with E-state index in [4.69, 9.17) is 5.11 Å². The molecule has 0 bridgehead atoms. The maximum Gasteiger partial charge on any atom is 0.335 e. The van der Waals surface area contributed by atoms with Crippen LogP contribution in [0.4, 0.5) is 4.79 Å². The normalized spacial score (nSPS) is 13.4. The molecule has 1 heterocycles. The number of amides is 2. The molecule has 0 fully saturated rings. The van der Waals surface area contributed by atoms with Crippen molar-refractivity contribution in [3.05, 3.63) is 34.9 Å². The van der Waals surface area contributed by atoms with Gasteiger partial charge < -0.3 is 15.3 Å². The highest BCUT2D eigenvalue weighted by atomic mass is 16.4. The number of carbonyl (C=O) groups excluding carboxylic acids is 1. The predicted molar refractivity (Wildman–Crippen MR) is 57.1 cm³/mol. The van der Waals surface area contributed by atoms with E-state index in [2.05, 4.69) is 5.32 Å². The number of rotatable bonds is 1. The molecule has 5 heteroatoms. The van der Waals surface area contributed by atoms with E-state index in [9.17, 15) is 9.59 Å². The summed E-state index contributed by atoms with van der Waals surface area (Å²) in [7, 11) is 1.58. The van der Waals surface area contributed by atoms with Crippen LogP contribution in [0.2, 0.25) is 0 Å². The van der Waals surface area contributed by atoms with E-state index in [0.29, 0.717) is 13.1 Å². The van der Waals surface area contributed by atoms with E-state index in [1.165, 1.54) is 0 Å². The van der Waals surface area contributed by atoms with Crippen LogP contribution in [-0.2, 0) is 13.1 Å². The molecule has 1 aromatic rings. The van der Waals surface area contributed by atoms with Gasteiger partial charge in [0.15, 0.2) is 0 Å². The standard InChI is InChI=1S/C11H12N2O3/c1-12-11(16)13-5-8-3-2-7(10(14)15)4-9(8)6-13/h2-4H,5-6H2,1H3,(H,12,16)(H,14,15). The molecule has 0 radical (unpaired) electrons. The van der Waals surface area contributed by atoms with Crippen molar-refractivity contribution < 1.29 is 14.7 Å². The molecule has 0 aliphatic carbocycles. The molecule has 0 saturated carbocycles. The average molecular weight is 220 g/mol. The van der Waals surface area contributed by atoms with Crippen LogP contribution in [0.5, 0.6) is 0 Å². The van der Waals surface area contributed by atoms with Gasteiger partial charge in [-0.15, -0.1) is 0 Å². The number of hydrogen-bond donors (Lipinski definition) is 2. The van der Waals surface area contributed by atoms with Gasteiger partial charge in [0.05, 0.1) is 5.56 Å². The first-order chi connectivity index (χ1) is 7.61. The topological polar surface area (TPSA) is 69.6 Å². The fraction of sp³-hybridized carbons (Fsp3) is 0.273. The van der Waals surface area contributed by atoms with Gasteiger partial charge in [0, 0.05) is 20.1 Å². The molecule has 2 N–H and O–H groups in total. The van der Waals surface area contributed by atoms with Crippen molar-refractivity contribution in [1.29, 1.82) is 0 Å². The van der Waals surface area contributed by atoms with Gasteiger partial charge in [-0.2, -0.15) is 0 Å². The molecule has 1 aliphatic heterocycles. The second-order valence-electron chi connectivity index (χ2n) is 3.70. The predicted octanol–water partition coefficient (Wildman–Crippen LogP) is 1.04. The first-order valence-corrected chi connectivity index (χ1v) is 4.93. The van der Waals surface area contributed by atoms with Crippen LogP contribution in [0, 0.1) is 0 Å². The Morgan fingerprint density at radius 2 is 2.00 bits per heavy atom. The molecule has 84 valence electrons. The Hall–Kier alpha value is -2.04. The summed E-state index contributed by atoms with van der Waals surface area (Å²) in [5, 5.41) is 11.4. The molecule has 0 unspecified atom stereocenters. The van der Waals surface area contributed by atoms with E-state index in [1.54, 1.807) is 30.1 Å². The largest absolute Gasteiger partial charge is 0.478 e. The second-order valence-corrected chi connectivity index (χ2v) is 3.70. The fourth-order valence-corrected chi connectivity index (χ4v) is 1.83. The third-order valence-electron chi connectivity index (χ3n) is 2.68. The molecule has 0 atom stereocenters. The molecule has 0 aromatic heterocycles. The van der Waals surface area contributed by atoms with E-state index in [0.717, 1.165) is 11.1 Å². The SMILES string of the molecule is CNC(=O)N1Cc2ccc(C(=O)O)cc2C1. The highest BCUT2D eigenvalue weighted by Gasteiger charge is 2.23. The Bertz CT molecular complexity index is 457. The number of urea groups is 1. The van der Waals surface area contributed by atoms with Crippen LogP contribution in [0.1, 0.15) is 21.5 Å². The van der Waals surface area contributed by atoms with Crippen molar-refractivity contribution in [3.63, 3.8) is 0 Å². The molecule has 2 rings (SSSR count). The molecular weight excluding hydrogens is 208 g/mol. The summed E-state index contributed by atoms with van der Waals surface area (Å²) in [6.45, 7) is 1.00. The third-order valence-corrected chi connectivity index (χ3v) is 2.68. The monoisotopic (exact) mass is 220 g/mol. The van der Waals surface area contributed by atoms with Gasteiger partial charge in [-0.3, -0.25) is 0 Å². The number of aromatic carboxylic acids is 1. The van der Waals surface area contributed by atoms with E-state index in [-0.39, 0.29) is 11.6 Å². The summed E-state index contributed by atoms with van der Waals surface area (Å²) < 4.78 is 0. The molecule has 16 heavy (non-hydrogen) atoms. The van der Waals surface area contributed by atoms with Crippen molar-refractivity contribution in [2.45, 2.75) is 13.1 Å². The van der Waals surface area contributed by atoms with Crippen molar-refractivity contribution in [2.24, 2.45) is 0 Å². The summed E-state index contributed by atoms with van der Waals surface area (Å²) in [5.41, 5.74) is 2.18. The number of carboxylic acids is 1. The zero-order chi connectivity index (χ0) is 11.7. The van der Waals surface area contributed by atoms with Crippen molar-refractivity contribution in [1.82, 2.24) is 10.2 Å². The minimum atomic E-state index is -0.943. The van der Waals surface area contributed by atoms with Gasteiger partial charge in [0.2, 0.25) is 0 Å². The Kier molecular flexibility index (Phi) is 2.52. The second kappa shape index (κ2) is 3.84. The number of benzene rings is 1. The van der Waals surface area contributed by atoms with Gasteiger partial charge in [0.1, 0.15) is 0 Å². The van der Waals surface area contributed by atoms with Gasteiger partial charge >= 0.3 is 12.0 Å². The van der Waals surface area contributed by atoms with E-state index in [1.807, 2.05) is 0 Å². The van der Waals surface area contributed by atoms with Gasteiger partial charge in [-0.25, -0.2) is 9.59 Å². The minimum absolute atomic E-state index is 0.145. The van der Waals surface area contributed by atoms with Crippen LogP contribution in [0.15, 0.2) is 18.2 Å². The lowest BCUT2D eigenvalue weighted by Crippen LogP contribution is -2.33. The van der Waals surface area contributed by atoms with Crippen LogP contribution in [-0.4, -0.2) is 29.1 Å². The number of hydrogen-bond acceptors (Lipinski definition) is 2. The first-order valence-electron chi connectivity index (χ1n) is 4.93. The Labute approximate surface area is 92.7 Å². The molecule has 1 aromatic carbocycles. The van der Waals surface area contributed by atoms with Crippen molar-refractivity contribution in [3.8, 4) is 0 Å². The molecule has 0 saturated heterocycles. The zero-order valence-corrected chi connectivity index (χ0v) is 8.86. The molecule has 1 aliphatic rings. The number of nitrogens with one attached hydrogen (secondary N) is 1. The van der Waals surface area contributed by atoms with Gasteiger partial charge in [0.25, 0.3) is 0 Å². The van der Waals surface area contributed by atoms with Crippen LogP contribution in [0.3, 0.4) is 0 Å². The summed E-state index contributed by atoms with van der Waals surface area (Å²) in [4.78, 5) is 23.8. The highest BCUT2D eigenvalue weighted by molar-refractivity contribution is 5.88. The fourth-order valence-electron chi connectivity index (χ4n) is 1.83. The van der Waals surface area contributed by atoms with Crippen molar-refractivity contribution in [2.75, 3.05) is 7.05 Å². The van der Waals surface area contributed by atoms with Crippen molar-refractivity contribution >= 4 is 12.0 Å². The average Bonchev–Trinajstić information content (AvgIpc) is 2.70. The number of fused-ring (bicyclic) bond motifs is 1. The number of carboxylic acid groups (broad SMARTS) is 1.